The number of methoxy groups -OCH3 is 2. The first-order valence-electron chi connectivity index (χ1n) is 10.2. The summed E-state index contributed by atoms with van der Waals surface area (Å²) >= 11 is 0. The average Bonchev–Trinajstić information content (AvgIpc) is 3.61. The number of ether oxygens (including phenoxy) is 2. The van der Waals surface area contributed by atoms with Gasteiger partial charge in [-0.15, -0.1) is 5.10 Å². The molecule has 0 spiro atoms. The van der Waals surface area contributed by atoms with Gasteiger partial charge in [0, 0.05) is 36.6 Å². The molecule has 1 fully saturated rings. The third-order valence-electron chi connectivity index (χ3n) is 5.25. The maximum atomic E-state index is 12.9. The van der Waals surface area contributed by atoms with Crippen molar-refractivity contribution >= 4 is 11.6 Å². The molecule has 1 aliphatic carbocycles. The summed E-state index contributed by atoms with van der Waals surface area (Å²) in [5.41, 5.74) is -0.142. The Hall–Kier alpha value is -4.22. The molecule has 1 saturated carbocycles. The van der Waals surface area contributed by atoms with E-state index in [2.05, 4.69) is 15.4 Å². The minimum Gasteiger partial charge on any atom is -0.493 e. The number of nitrogens with zero attached hydrogens (tertiary/aromatic N) is 5. The van der Waals surface area contributed by atoms with Crippen LogP contribution in [0.15, 0.2) is 41.5 Å². The van der Waals surface area contributed by atoms with Crippen molar-refractivity contribution in [3.05, 3.63) is 62.8 Å². The Morgan fingerprint density at radius 3 is 2.61 bits per heavy atom. The summed E-state index contributed by atoms with van der Waals surface area (Å²) in [7, 11) is 2.72. The maximum Gasteiger partial charge on any atom is 0.346 e. The van der Waals surface area contributed by atoms with E-state index in [1.165, 1.54) is 25.0 Å². The third kappa shape index (κ3) is 4.40. The highest BCUT2D eigenvalue weighted by atomic mass is 16.6. The molecule has 172 valence electrons. The van der Waals surface area contributed by atoms with Crippen LogP contribution in [0.25, 0.3) is 11.4 Å². The lowest BCUT2D eigenvalue weighted by Gasteiger charge is -2.11. The second-order valence-corrected chi connectivity index (χ2v) is 7.41. The quantitative estimate of drug-likeness (QED) is 0.381. The molecule has 0 radical (unpaired) electrons. The molecule has 0 bridgehead atoms. The summed E-state index contributed by atoms with van der Waals surface area (Å²) in [6.45, 7) is 0.136. The summed E-state index contributed by atoms with van der Waals surface area (Å²) in [5, 5.41) is 18.5. The maximum absolute atomic E-state index is 12.9. The number of hydrogen-bond acceptors (Lipinski definition) is 8. The van der Waals surface area contributed by atoms with Gasteiger partial charge < -0.3 is 14.8 Å². The fourth-order valence-corrected chi connectivity index (χ4v) is 3.49. The molecular weight excluding hydrogens is 432 g/mol. The zero-order valence-electron chi connectivity index (χ0n) is 18.1. The number of amides is 1. The molecule has 0 atom stereocenters. The summed E-state index contributed by atoms with van der Waals surface area (Å²) in [4.78, 5) is 40.5. The zero-order valence-corrected chi connectivity index (χ0v) is 18.1. The van der Waals surface area contributed by atoms with Gasteiger partial charge in [-0.3, -0.25) is 24.5 Å². The number of aromatic nitrogens is 4. The van der Waals surface area contributed by atoms with Gasteiger partial charge in [0.05, 0.1) is 31.8 Å². The van der Waals surface area contributed by atoms with Crippen molar-refractivity contribution < 1.29 is 19.2 Å². The first-order valence-corrected chi connectivity index (χ1v) is 10.2. The van der Waals surface area contributed by atoms with Crippen molar-refractivity contribution in [2.24, 2.45) is 0 Å². The molecule has 0 unspecified atom stereocenters. The van der Waals surface area contributed by atoms with E-state index in [0.29, 0.717) is 5.82 Å². The largest absolute Gasteiger partial charge is 0.493 e. The standard InChI is InChI=1S/C21H22N6O6/c1-32-17-10-15(16(27(30)31)11-18(17)33-2)20(28)23-8-9-25-21(29)26(14-5-6-14)19(24-25)13-4-3-7-22-12-13/h3-4,7,10-12,14H,5-6,8-9H2,1-2H3,(H,23,28). The molecule has 12 heteroatoms. The van der Waals surface area contributed by atoms with Crippen LogP contribution < -0.4 is 20.5 Å². The van der Waals surface area contributed by atoms with E-state index in [1.54, 1.807) is 23.0 Å². The van der Waals surface area contributed by atoms with Crippen molar-refractivity contribution in [1.82, 2.24) is 24.6 Å². The van der Waals surface area contributed by atoms with Crippen LogP contribution in [-0.2, 0) is 6.54 Å². The van der Waals surface area contributed by atoms with Gasteiger partial charge in [0.25, 0.3) is 11.6 Å². The number of nitro benzene ring substituents is 1. The van der Waals surface area contributed by atoms with Gasteiger partial charge in [-0.05, 0) is 25.0 Å². The van der Waals surface area contributed by atoms with E-state index in [-0.39, 0.29) is 41.9 Å². The Morgan fingerprint density at radius 1 is 1.27 bits per heavy atom. The lowest BCUT2D eigenvalue weighted by Crippen LogP contribution is -2.32. The number of benzene rings is 1. The molecule has 1 aliphatic rings. The fraction of sp³-hybridized carbons (Fsp3) is 0.333. The van der Waals surface area contributed by atoms with Gasteiger partial charge in [0.15, 0.2) is 17.3 Å². The summed E-state index contributed by atoms with van der Waals surface area (Å²) in [6.07, 6.45) is 5.09. The predicted molar refractivity (Wildman–Crippen MR) is 117 cm³/mol. The van der Waals surface area contributed by atoms with Gasteiger partial charge in [-0.2, -0.15) is 0 Å². The monoisotopic (exact) mass is 454 g/mol. The lowest BCUT2D eigenvalue weighted by molar-refractivity contribution is -0.385. The highest BCUT2D eigenvalue weighted by Gasteiger charge is 2.30. The van der Waals surface area contributed by atoms with E-state index >= 15 is 0 Å². The zero-order chi connectivity index (χ0) is 23.5. The number of hydrogen-bond donors (Lipinski definition) is 1. The van der Waals surface area contributed by atoms with Crippen LogP contribution in [-0.4, -0.2) is 50.9 Å². The van der Waals surface area contributed by atoms with Gasteiger partial charge >= 0.3 is 5.69 Å². The second-order valence-electron chi connectivity index (χ2n) is 7.41. The summed E-state index contributed by atoms with van der Waals surface area (Å²) in [6, 6.07) is 6.09. The minimum atomic E-state index is -0.676. The Labute approximate surface area is 187 Å². The van der Waals surface area contributed by atoms with Gasteiger partial charge in [-0.1, -0.05) is 0 Å². The van der Waals surface area contributed by atoms with E-state index in [9.17, 15) is 19.7 Å². The SMILES string of the molecule is COc1cc(C(=O)NCCn2nc(-c3cccnc3)n(C3CC3)c2=O)c([N+](=O)[O-])cc1OC. The van der Waals surface area contributed by atoms with Gasteiger partial charge in [0.1, 0.15) is 5.56 Å². The van der Waals surface area contributed by atoms with Crippen molar-refractivity contribution in [3.63, 3.8) is 0 Å². The summed E-state index contributed by atoms with van der Waals surface area (Å²) < 4.78 is 13.2. The Morgan fingerprint density at radius 2 is 2.00 bits per heavy atom. The molecule has 4 rings (SSSR count). The van der Waals surface area contributed by atoms with Crippen LogP contribution in [0.3, 0.4) is 0 Å². The molecular formula is C21H22N6O6. The number of nitro groups is 1. The Balaban J connectivity index is 1.53. The highest BCUT2D eigenvalue weighted by Crippen LogP contribution is 2.36. The smallest absolute Gasteiger partial charge is 0.346 e. The predicted octanol–water partition coefficient (Wildman–Crippen LogP) is 1.80. The average molecular weight is 454 g/mol. The number of pyridine rings is 1. The second kappa shape index (κ2) is 9.10. The van der Waals surface area contributed by atoms with Crippen molar-refractivity contribution in [2.45, 2.75) is 25.4 Å². The Bertz CT molecular complexity index is 1250. The molecule has 1 N–H and O–H groups in total. The normalized spacial score (nSPS) is 12.9. The molecule has 2 heterocycles. The minimum absolute atomic E-state index is 0.0401. The van der Waals surface area contributed by atoms with Crippen molar-refractivity contribution in [1.29, 1.82) is 0 Å². The molecule has 3 aromatic rings. The van der Waals surface area contributed by atoms with E-state index < -0.39 is 16.5 Å². The van der Waals surface area contributed by atoms with E-state index in [0.717, 1.165) is 24.5 Å². The van der Waals surface area contributed by atoms with Crippen molar-refractivity contribution in [2.75, 3.05) is 20.8 Å². The first kappa shape index (κ1) is 22.0. The fourth-order valence-electron chi connectivity index (χ4n) is 3.49. The molecule has 2 aromatic heterocycles. The van der Waals surface area contributed by atoms with Gasteiger partial charge in [0.2, 0.25) is 0 Å². The number of carbonyl (C=O) groups excluding carboxylic acids is 1. The van der Waals surface area contributed by atoms with E-state index in [4.69, 9.17) is 9.47 Å². The Kier molecular flexibility index (Phi) is 6.07. The van der Waals surface area contributed by atoms with Crippen molar-refractivity contribution in [3.8, 4) is 22.9 Å². The molecule has 12 nitrogen and oxygen atoms in total. The van der Waals surface area contributed by atoms with Crippen LogP contribution in [0.5, 0.6) is 11.5 Å². The third-order valence-corrected chi connectivity index (χ3v) is 5.25. The van der Waals surface area contributed by atoms with Crippen LogP contribution in [0.4, 0.5) is 5.69 Å². The summed E-state index contributed by atoms with van der Waals surface area (Å²) in [5.74, 6) is 0.178. The van der Waals surface area contributed by atoms with Crippen LogP contribution in [0.1, 0.15) is 29.2 Å². The molecule has 0 aliphatic heterocycles. The molecule has 1 amide bonds. The first-order chi connectivity index (χ1) is 15.9. The van der Waals surface area contributed by atoms with Gasteiger partial charge in [-0.25, -0.2) is 9.48 Å². The lowest BCUT2D eigenvalue weighted by atomic mass is 10.1. The highest BCUT2D eigenvalue weighted by molar-refractivity contribution is 5.99. The van der Waals surface area contributed by atoms with Crippen LogP contribution in [0.2, 0.25) is 0 Å². The number of rotatable bonds is 9. The van der Waals surface area contributed by atoms with E-state index in [1.807, 2.05) is 6.07 Å². The van der Waals surface area contributed by atoms with Crippen LogP contribution >= 0.6 is 0 Å². The molecule has 33 heavy (non-hydrogen) atoms. The molecule has 0 saturated heterocycles. The number of nitrogens with one attached hydrogen (secondary N) is 1. The van der Waals surface area contributed by atoms with Crippen LogP contribution in [0, 0.1) is 10.1 Å². The number of carbonyl (C=O) groups is 1. The molecule has 1 aromatic carbocycles. The topological polar surface area (TPSA) is 143 Å².